The molecule has 2 aromatic carbocycles. The topological polar surface area (TPSA) is 41.1 Å². The Hall–Kier alpha value is -2.46. The van der Waals surface area contributed by atoms with Crippen molar-refractivity contribution < 1.29 is 4.79 Å². The minimum atomic E-state index is 0.00599. The number of allylic oxidation sites excluding steroid dienone is 1. The van der Waals surface area contributed by atoms with Crippen molar-refractivity contribution in [3.05, 3.63) is 72.5 Å². The Morgan fingerprint density at radius 2 is 1.85 bits per heavy atom. The lowest BCUT2D eigenvalue weighted by atomic mass is 9.97. The van der Waals surface area contributed by atoms with E-state index in [1.807, 2.05) is 6.07 Å². The lowest BCUT2D eigenvalue weighted by Crippen LogP contribution is -2.37. The molecule has 0 amide bonds. The summed E-state index contributed by atoms with van der Waals surface area (Å²) in [5, 5.41) is 9.25. The van der Waals surface area contributed by atoms with Gasteiger partial charge in [0.1, 0.15) is 6.29 Å². The first-order valence-electron chi connectivity index (χ1n) is 12.2. The van der Waals surface area contributed by atoms with E-state index in [1.54, 1.807) is 0 Å². The normalized spacial score (nSPS) is 12.7. The largest absolute Gasteiger partial charge is 0.384 e. The van der Waals surface area contributed by atoms with Crippen LogP contribution in [0, 0.1) is 5.92 Å². The molecule has 178 valence electrons. The van der Waals surface area contributed by atoms with E-state index in [0.29, 0.717) is 18.9 Å². The smallest absolute Gasteiger partial charge is 0.122 e. The third-order valence-corrected chi connectivity index (χ3v) is 6.77. The highest BCUT2D eigenvalue weighted by Gasteiger charge is 2.13. The van der Waals surface area contributed by atoms with Crippen LogP contribution >= 0.6 is 12.2 Å². The van der Waals surface area contributed by atoms with Crippen molar-refractivity contribution in [1.82, 2.24) is 10.6 Å². The van der Waals surface area contributed by atoms with Crippen LogP contribution in [0.4, 0.5) is 0 Å². The van der Waals surface area contributed by atoms with Crippen LogP contribution in [0.5, 0.6) is 0 Å². The van der Waals surface area contributed by atoms with Crippen LogP contribution in [-0.4, -0.2) is 23.9 Å². The van der Waals surface area contributed by atoms with Gasteiger partial charge in [0.15, 0.2) is 0 Å². The molecule has 0 spiro atoms. The van der Waals surface area contributed by atoms with Gasteiger partial charge in [-0.05, 0) is 48.4 Å². The van der Waals surface area contributed by atoms with Gasteiger partial charge in [-0.1, -0.05) is 100 Å². The first-order valence-corrected chi connectivity index (χ1v) is 12.6. The number of rotatable bonds is 16. The average molecular weight is 465 g/mol. The fourth-order valence-electron chi connectivity index (χ4n) is 4.06. The van der Waals surface area contributed by atoms with E-state index >= 15 is 0 Å². The third-order valence-electron chi connectivity index (χ3n) is 6.23. The molecule has 2 N–H and O–H groups in total. The summed E-state index contributed by atoms with van der Waals surface area (Å²) in [6.07, 6.45) is 9.13. The maximum Gasteiger partial charge on any atom is 0.122 e. The number of aldehydes is 1. The first kappa shape index (κ1) is 26.8. The molecular weight excluding hydrogens is 424 g/mol. The molecule has 0 aliphatic carbocycles. The SMILES string of the molecule is C=C(CC)CCCCCC(C)C(=S)NCC(=C)NC(CC=O)Cc1cccc2ccccc12. The van der Waals surface area contributed by atoms with Crippen molar-refractivity contribution in [2.24, 2.45) is 5.92 Å². The molecule has 0 fully saturated rings. The number of thiocarbonyl (C=S) groups is 1. The number of carbonyl (C=O) groups excluding carboxylic acids is 1. The van der Waals surface area contributed by atoms with E-state index in [-0.39, 0.29) is 6.04 Å². The van der Waals surface area contributed by atoms with Gasteiger partial charge in [0.05, 0.1) is 11.5 Å². The quantitative estimate of drug-likeness (QED) is 0.122. The molecule has 2 aromatic rings. The standard InChI is InChI=1S/C29H40N2OS/c1-5-22(2)12-7-6-8-13-23(3)29(33)30-21-24(4)31-27(18-19-32)20-26-16-11-15-25-14-9-10-17-28(25)26/h9-11,14-17,19,23,27,31H,2,4-8,12-13,18,20-21H2,1,3H3,(H,30,33). The Kier molecular flexibility index (Phi) is 11.9. The Labute approximate surface area is 205 Å². The number of carbonyl (C=O) groups is 1. The Bertz CT molecular complexity index is 931. The molecule has 0 aliphatic rings. The van der Waals surface area contributed by atoms with Crippen LogP contribution in [0.1, 0.15) is 64.4 Å². The number of benzene rings is 2. The maximum atomic E-state index is 11.3. The molecule has 0 saturated heterocycles. The van der Waals surface area contributed by atoms with E-state index in [2.05, 4.69) is 74.0 Å². The molecular formula is C29H40N2OS. The van der Waals surface area contributed by atoms with E-state index in [4.69, 9.17) is 12.2 Å². The number of nitrogens with one attached hydrogen (secondary N) is 2. The summed E-state index contributed by atoms with van der Waals surface area (Å²) in [5.41, 5.74) is 3.44. The van der Waals surface area contributed by atoms with Gasteiger partial charge < -0.3 is 15.4 Å². The molecule has 33 heavy (non-hydrogen) atoms. The monoisotopic (exact) mass is 464 g/mol. The highest BCUT2D eigenvalue weighted by Crippen LogP contribution is 2.20. The number of hydrogen-bond donors (Lipinski definition) is 2. The van der Waals surface area contributed by atoms with Crippen LogP contribution in [-0.2, 0) is 11.2 Å². The maximum absolute atomic E-state index is 11.3. The molecule has 0 aliphatic heterocycles. The lowest BCUT2D eigenvalue weighted by molar-refractivity contribution is -0.108. The van der Waals surface area contributed by atoms with Gasteiger partial charge in [-0.3, -0.25) is 0 Å². The second-order valence-corrected chi connectivity index (χ2v) is 9.45. The predicted octanol–water partition coefficient (Wildman–Crippen LogP) is 6.91. The number of hydrogen-bond acceptors (Lipinski definition) is 3. The summed E-state index contributed by atoms with van der Waals surface area (Å²) in [6.45, 7) is 13.2. The van der Waals surface area contributed by atoms with E-state index in [0.717, 1.165) is 42.7 Å². The summed E-state index contributed by atoms with van der Waals surface area (Å²) >= 11 is 5.61. The predicted molar refractivity (Wildman–Crippen MR) is 147 cm³/mol. The van der Waals surface area contributed by atoms with Gasteiger partial charge in [-0.25, -0.2) is 0 Å². The Balaban J connectivity index is 1.78. The van der Waals surface area contributed by atoms with Crippen molar-refractivity contribution in [3.63, 3.8) is 0 Å². The molecule has 4 heteroatoms. The summed E-state index contributed by atoms with van der Waals surface area (Å²) < 4.78 is 0. The number of fused-ring (bicyclic) bond motifs is 1. The van der Waals surface area contributed by atoms with Crippen LogP contribution in [0.15, 0.2) is 66.9 Å². The molecule has 2 atom stereocenters. The Morgan fingerprint density at radius 1 is 1.09 bits per heavy atom. The minimum absolute atomic E-state index is 0.00599. The summed E-state index contributed by atoms with van der Waals surface area (Å²) in [7, 11) is 0. The fraction of sp³-hybridized carbons (Fsp3) is 0.448. The second kappa shape index (κ2) is 14.6. The van der Waals surface area contributed by atoms with Crippen LogP contribution < -0.4 is 10.6 Å². The third kappa shape index (κ3) is 9.51. The van der Waals surface area contributed by atoms with Crippen molar-refractivity contribution in [2.75, 3.05) is 6.54 Å². The molecule has 0 radical (unpaired) electrons. The average Bonchev–Trinajstić information content (AvgIpc) is 2.82. The fourth-order valence-corrected chi connectivity index (χ4v) is 4.25. The van der Waals surface area contributed by atoms with Gasteiger partial charge in [0, 0.05) is 24.1 Å². The number of unbranched alkanes of at least 4 members (excludes halogenated alkanes) is 2. The highest BCUT2D eigenvalue weighted by molar-refractivity contribution is 7.80. The molecule has 0 aromatic heterocycles. The molecule has 0 saturated carbocycles. The Morgan fingerprint density at radius 3 is 2.61 bits per heavy atom. The van der Waals surface area contributed by atoms with Gasteiger partial charge in [-0.2, -0.15) is 0 Å². The van der Waals surface area contributed by atoms with E-state index in [1.165, 1.54) is 41.2 Å². The van der Waals surface area contributed by atoms with E-state index in [9.17, 15) is 4.79 Å². The van der Waals surface area contributed by atoms with Crippen molar-refractivity contribution >= 4 is 34.3 Å². The van der Waals surface area contributed by atoms with Gasteiger partial charge in [0.25, 0.3) is 0 Å². The van der Waals surface area contributed by atoms with E-state index < -0.39 is 0 Å². The van der Waals surface area contributed by atoms with Crippen molar-refractivity contribution in [3.8, 4) is 0 Å². The van der Waals surface area contributed by atoms with Crippen LogP contribution in [0.3, 0.4) is 0 Å². The molecule has 2 unspecified atom stereocenters. The minimum Gasteiger partial charge on any atom is -0.384 e. The second-order valence-electron chi connectivity index (χ2n) is 9.01. The molecule has 3 nitrogen and oxygen atoms in total. The van der Waals surface area contributed by atoms with Gasteiger partial charge in [-0.15, -0.1) is 0 Å². The first-order chi connectivity index (χ1) is 15.9. The zero-order chi connectivity index (χ0) is 24.1. The van der Waals surface area contributed by atoms with Crippen LogP contribution in [0.25, 0.3) is 10.8 Å². The highest BCUT2D eigenvalue weighted by atomic mass is 32.1. The molecule has 0 heterocycles. The van der Waals surface area contributed by atoms with Crippen LogP contribution in [0.2, 0.25) is 0 Å². The summed E-state index contributed by atoms with van der Waals surface area (Å²) in [6, 6.07) is 14.7. The van der Waals surface area contributed by atoms with Crippen molar-refractivity contribution in [1.29, 1.82) is 0 Å². The molecule has 2 rings (SSSR count). The summed E-state index contributed by atoms with van der Waals surface area (Å²) in [4.78, 5) is 12.2. The summed E-state index contributed by atoms with van der Waals surface area (Å²) in [5.74, 6) is 0.351. The zero-order valence-electron chi connectivity index (χ0n) is 20.4. The van der Waals surface area contributed by atoms with Gasteiger partial charge in [0.2, 0.25) is 0 Å². The lowest BCUT2D eigenvalue weighted by Gasteiger charge is -2.22. The van der Waals surface area contributed by atoms with Crippen molar-refractivity contribution in [2.45, 2.75) is 71.3 Å². The molecule has 0 bridgehead atoms. The zero-order valence-corrected chi connectivity index (χ0v) is 21.2. The van der Waals surface area contributed by atoms with Gasteiger partial charge >= 0.3 is 0 Å².